The number of aromatic nitrogens is 1. The quantitative estimate of drug-likeness (QED) is 0.172. The number of pyridine rings is 1. The van der Waals surface area contributed by atoms with Crippen LogP contribution in [0.1, 0.15) is 50.5 Å². The number of ether oxygens (including phenoxy) is 2. The number of halogens is 1. The lowest BCUT2D eigenvalue weighted by molar-refractivity contribution is -0.129. The first-order valence-electron chi connectivity index (χ1n) is 13.4. The summed E-state index contributed by atoms with van der Waals surface area (Å²) in [5, 5.41) is 10.8. The number of ketones is 1. The van der Waals surface area contributed by atoms with Crippen LogP contribution in [0.5, 0.6) is 11.5 Å². The van der Waals surface area contributed by atoms with E-state index in [4.69, 9.17) is 14.9 Å². The average molecular weight is 579 g/mol. The summed E-state index contributed by atoms with van der Waals surface area (Å²) in [5.74, 6) is 2.31. The Balaban J connectivity index is 1.33. The minimum absolute atomic E-state index is 0.139. The second-order valence-corrected chi connectivity index (χ2v) is 10.8. The zero-order chi connectivity index (χ0) is 26.6. The molecule has 0 bridgehead atoms. The summed E-state index contributed by atoms with van der Waals surface area (Å²) in [4.78, 5) is 17.2. The van der Waals surface area contributed by atoms with Crippen LogP contribution >= 0.6 is 15.9 Å². The minimum atomic E-state index is -0.521. The molecule has 1 aliphatic heterocycles. The van der Waals surface area contributed by atoms with Crippen molar-refractivity contribution >= 4 is 27.9 Å². The van der Waals surface area contributed by atoms with Crippen LogP contribution in [0.3, 0.4) is 0 Å². The van der Waals surface area contributed by atoms with E-state index in [1.807, 2.05) is 48.8 Å². The molecule has 2 aliphatic rings. The van der Waals surface area contributed by atoms with E-state index in [2.05, 4.69) is 44.4 Å². The normalized spacial score (nSPS) is 22.1. The van der Waals surface area contributed by atoms with Gasteiger partial charge in [0, 0.05) is 36.1 Å². The maximum absolute atomic E-state index is 13.1. The first kappa shape index (κ1) is 27.8. The van der Waals surface area contributed by atoms with Crippen LogP contribution in [0.2, 0.25) is 0 Å². The van der Waals surface area contributed by atoms with Gasteiger partial charge in [0.1, 0.15) is 6.61 Å². The van der Waals surface area contributed by atoms with Gasteiger partial charge in [-0.25, -0.2) is 0 Å². The highest BCUT2D eigenvalue weighted by Gasteiger charge is 2.30. The molecule has 200 valence electrons. The van der Waals surface area contributed by atoms with E-state index >= 15 is 0 Å². The zero-order valence-electron chi connectivity index (χ0n) is 21.7. The third-order valence-electron chi connectivity index (χ3n) is 7.14. The number of Topliss-reactive ketones (excluding diaryl/α,β-unsaturated/α-hetero) is 1. The van der Waals surface area contributed by atoms with Crippen molar-refractivity contribution < 1.29 is 14.3 Å². The maximum atomic E-state index is 13.1. The van der Waals surface area contributed by atoms with E-state index in [1.165, 1.54) is 11.8 Å². The molecule has 1 aromatic heterocycles. The van der Waals surface area contributed by atoms with Crippen LogP contribution in [0.15, 0.2) is 83.3 Å². The van der Waals surface area contributed by atoms with Crippen LogP contribution in [-0.4, -0.2) is 29.7 Å². The van der Waals surface area contributed by atoms with Crippen LogP contribution in [0.25, 0.3) is 0 Å². The summed E-state index contributed by atoms with van der Waals surface area (Å²) >= 11 is 3.40. The van der Waals surface area contributed by atoms with Crippen molar-refractivity contribution in [3.05, 3.63) is 88.8 Å². The van der Waals surface area contributed by atoms with Gasteiger partial charge in [-0.05, 0) is 101 Å². The lowest BCUT2D eigenvalue weighted by atomic mass is 9.89. The van der Waals surface area contributed by atoms with Gasteiger partial charge in [-0.3, -0.25) is 9.78 Å². The first-order chi connectivity index (χ1) is 18.6. The highest BCUT2D eigenvalue weighted by atomic mass is 79.9. The molecule has 1 aliphatic carbocycles. The van der Waals surface area contributed by atoms with Gasteiger partial charge >= 0.3 is 0 Å². The number of carbonyl (C=O) groups excluding carboxylic acids is 1. The summed E-state index contributed by atoms with van der Waals surface area (Å²) in [6.45, 7) is 1.01. The standard InChI is InChI=1S/C31H36BrN3O3/c32-27(19-33)10-4-9-26(15-17-35-21-24-7-5-16-34-20-24)25-8-3-6-23(13-14-25)18-28(36)31-22-37-29-11-1-2-12-30(29)38-31/h1-2,5,7,9-12,15-17,19-20,23,25,31,33,35H,3-4,6,8,13-14,18,21-22H2/b17-15?,26-9+,27-10?,33-19?. The fraction of sp³-hybridized carbons (Fsp3) is 0.387. The smallest absolute Gasteiger partial charge is 0.190 e. The maximum Gasteiger partial charge on any atom is 0.190 e. The Kier molecular flexibility index (Phi) is 10.7. The molecule has 2 aromatic rings. The number of hydrogen-bond donors (Lipinski definition) is 2. The highest BCUT2D eigenvalue weighted by Crippen LogP contribution is 2.36. The molecular weight excluding hydrogens is 542 g/mol. The fourth-order valence-electron chi connectivity index (χ4n) is 5.08. The van der Waals surface area contributed by atoms with Crippen LogP contribution in [0, 0.1) is 17.2 Å². The molecule has 4 rings (SSSR count). The van der Waals surface area contributed by atoms with Crippen molar-refractivity contribution in [2.45, 2.75) is 57.6 Å². The van der Waals surface area contributed by atoms with Gasteiger partial charge in [0.25, 0.3) is 0 Å². The molecule has 3 atom stereocenters. The second kappa shape index (κ2) is 14.7. The van der Waals surface area contributed by atoms with Crippen LogP contribution in [-0.2, 0) is 11.3 Å². The molecule has 0 saturated heterocycles. The van der Waals surface area contributed by atoms with E-state index in [0.717, 1.165) is 55.1 Å². The summed E-state index contributed by atoms with van der Waals surface area (Å²) < 4.78 is 12.5. The summed E-state index contributed by atoms with van der Waals surface area (Å²) in [6.07, 6.45) is 19.6. The second-order valence-electron chi connectivity index (χ2n) is 9.85. The monoisotopic (exact) mass is 577 g/mol. The fourth-order valence-corrected chi connectivity index (χ4v) is 5.27. The number of nitrogens with one attached hydrogen (secondary N) is 2. The van der Waals surface area contributed by atoms with E-state index < -0.39 is 6.10 Å². The largest absolute Gasteiger partial charge is 0.485 e. The SMILES string of the molecule is N=CC(Br)=CC/C=C(\C=CNCc1cccnc1)C1CCCC(CC(=O)C2COc3ccccc3O2)CC1. The summed E-state index contributed by atoms with van der Waals surface area (Å²) in [7, 11) is 0. The Morgan fingerprint density at radius 1 is 1.11 bits per heavy atom. The molecule has 1 fully saturated rings. The van der Waals surface area contributed by atoms with Crippen molar-refractivity contribution in [3.8, 4) is 11.5 Å². The topological polar surface area (TPSA) is 84.3 Å². The molecule has 7 heteroatoms. The van der Waals surface area contributed by atoms with Gasteiger partial charge in [0.15, 0.2) is 23.4 Å². The number of hydrogen-bond acceptors (Lipinski definition) is 6. The molecule has 38 heavy (non-hydrogen) atoms. The van der Waals surface area contributed by atoms with Crippen molar-refractivity contribution in [2.75, 3.05) is 6.61 Å². The Labute approximate surface area is 233 Å². The van der Waals surface area contributed by atoms with E-state index in [-0.39, 0.29) is 12.4 Å². The van der Waals surface area contributed by atoms with E-state index in [0.29, 0.717) is 29.8 Å². The molecular formula is C31H36BrN3O3. The molecule has 2 N–H and O–H groups in total. The summed E-state index contributed by atoms with van der Waals surface area (Å²) in [5.41, 5.74) is 2.44. The number of para-hydroxylation sites is 2. The van der Waals surface area contributed by atoms with E-state index in [9.17, 15) is 4.79 Å². The number of fused-ring (bicyclic) bond motifs is 1. The molecule has 3 unspecified atom stereocenters. The van der Waals surface area contributed by atoms with Gasteiger partial charge in [-0.1, -0.05) is 36.8 Å². The molecule has 0 radical (unpaired) electrons. The first-order valence-corrected chi connectivity index (χ1v) is 14.2. The van der Waals surface area contributed by atoms with E-state index in [1.54, 1.807) is 6.20 Å². The van der Waals surface area contributed by atoms with Crippen molar-refractivity contribution in [3.63, 3.8) is 0 Å². The Hall–Kier alpha value is -3.19. The van der Waals surface area contributed by atoms with Gasteiger partial charge in [0.2, 0.25) is 0 Å². The molecule has 1 saturated carbocycles. The average Bonchev–Trinajstić information content (AvgIpc) is 3.19. The number of rotatable bonds is 11. The highest BCUT2D eigenvalue weighted by molar-refractivity contribution is 9.12. The van der Waals surface area contributed by atoms with Gasteiger partial charge < -0.3 is 20.2 Å². The lowest BCUT2D eigenvalue weighted by Gasteiger charge is -2.26. The number of carbonyl (C=O) groups is 1. The number of benzene rings is 1. The predicted molar refractivity (Wildman–Crippen MR) is 155 cm³/mol. The predicted octanol–water partition coefficient (Wildman–Crippen LogP) is 6.93. The lowest BCUT2D eigenvalue weighted by Crippen LogP contribution is -2.37. The summed E-state index contributed by atoms with van der Waals surface area (Å²) in [6, 6.07) is 11.5. The molecule has 2 heterocycles. The molecule has 0 amide bonds. The Morgan fingerprint density at radius 3 is 2.79 bits per heavy atom. The Morgan fingerprint density at radius 2 is 1.97 bits per heavy atom. The van der Waals surface area contributed by atoms with Crippen molar-refractivity contribution in [1.82, 2.24) is 10.3 Å². The zero-order valence-corrected chi connectivity index (χ0v) is 23.2. The molecule has 0 spiro atoms. The van der Waals surface area contributed by atoms with Crippen LogP contribution in [0.4, 0.5) is 0 Å². The van der Waals surface area contributed by atoms with Gasteiger partial charge in [-0.2, -0.15) is 0 Å². The van der Waals surface area contributed by atoms with Gasteiger partial charge in [0.05, 0.1) is 0 Å². The van der Waals surface area contributed by atoms with Crippen molar-refractivity contribution in [1.29, 1.82) is 5.41 Å². The third-order valence-corrected chi connectivity index (χ3v) is 7.70. The van der Waals surface area contributed by atoms with Gasteiger partial charge in [-0.15, -0.1) is 0 Å². The Bertz CT molecular complexity index is 1160. The molecule has 6 nitrogen and oxygen atoms in total. The third kappa shape index (κ3) is 8.42. The number of allylic oxidation sites excluding steroid dienone is 5. The minimum Gasteiger partial charge on any atom is -0.485 e. The van der Waals surface area contributed by atoms with Crippen LogP contribution < -0.4 is 14.8 Å². The molecule has 1 aromatic carbocycles. The number of nitrogens with zero attached hydrogens (tertiary/aromatic N) is 1. The van der Waals surface area contributed by atoms with Crippen molar-refractivity contribution in [2.24, 2.45) is 11.8 Å².